The van der Waals surface area contributed by atoms with Gasteiger partial charge in [-0.15, -0.1) is 0 Å². The largest absolute Gasteiger partial charge is 0.424 e. The molecule has 1 aliphatic heterocycles. The lowest BCUT2D eigenvalue weighted by molar-refractivity contribution is -0.139. The van der Waals surface area contributed by atoms with Crippen LogP contribution < -0.4 is 10.1 Å². The van der Waals surface area contributed by atoms with Gasteiger partial charge in [-0.25, -0.2) is 9.97 Å². The molecular weight excluding hydrogens is 402 g/mol. The molecule has 1 aromatic carbocycles. The maximum Gasteiger partial charge on any atom is 0.321 e. The molecule has 1 saturated heterocycles. The Kier molecular flexibility index (Phi) is 5.24. The van der Waals surface area contributed by atoms with Crippen LogP contribution in [0.1, 0.15) is 58.6 Å². The summed E-state index contributed by atoms with van der Waals surface area (Å²) in [7, 11) is 0. The van der Waals surface area contributed by atoms with Gasteiger partial charge in [0.15, 0.2) is 0 Å². The normalized spacial score (nSPS) is 32.5. The molecule has 2 heterocycles. The van der Waals surface area contributed by atoms with Crippen molar-refractivity contribution in [3.8, 4) is 11.8 Å². The monoisotopic (exact) mass is 435 g/mol. The lowest BCUT2D eigenvalue weighted by Crippen LogP contribution is -2.59. The van der Waals surface area contributed by atoms with E-state index in [2.05, 4.69) is 41.3 Å². The first-order valence-electron chi connectivity index (χ1n) is 11.8. The summed E-state index contributed by atoms with van der Waals surface area (Å²) in [5, 5.41) is 3.47. The summed E-state index contributed by atoms with van der Waals surface area (Å²) in [6.07, 6.45) is 6.65. The number of ether oxygens (including phenoxy) is 2. The van der Waals surface area contributed by atoms with E-state index in [-0.39, 0.29) is 34.8 Å². The predicted molar refractivity (Wildman–Crippen MR) is 121 cm³/mol. The van der Waals surface area contributed by atoms with Crippen LogP contribution in [0.15, 0.2) is 42.7 Å². The van der Waals surface area contributed by atoms with E-state index in [9.17, 15) is 4.79 Å². The number of rotatable bonds is 5. The molecule has 2 aromatic rings. The zero-order chi connectivity index (χ0) is 22.5. The summed E-state index contributed by atoms with van der Waals surface area (Å²) in [6.45, 7) is 9.34. The van der Waals surface area contributed by atoms with E-state index >= 15 is 0 Å². The number of carbonyl (C=O) groups excluding carboxylic acids is 1. The summed E-state index contributed by atoms with van der Waals surface area (Å²) >= 11 is 0. The molecule has 5 rings (SSSR count). The Labute approximate surface area is 190 Å². The molecule has 1 amide bonds. The Morgan fingerprint density at radius 1 is 1.22 bits per heavy atom. The van der Waals surface area contributed by atoms with Crippen LogP contribution in [0.5, 0.6) is 11.8 Å². The van der Waals surface area contributed by atoms with Crippen LogP contribution in [0.4, 0.5) is 0 Å². The molecule has 2 aliphatic carbocycles. The van der Waals surface area contributed by atoms with Gasteiger partial charge in [-0.3, -0.25) is 4.79 Å². The first kappa shape index (κ1) is 21.4. The number of fused-ring (bicyclic) bond motifs is 1. The molecule has 5 atom stereocenters. The topological polar surface area (TPSA) is 73.3 Å². The van der Waals surface area contributed by atoms with Gasteiger partial charge >= 0.3 is 6.01 Å². The van der Waals surface area contributed by atoms with Gasteiger partial charge in [-0.1, -0.05) is 39.8 Å². The maximum atomic E-state index is 12.7. The Morgan fingerprint density at radius 3 is 2.75 bits per heavy atom. The van der Waals surface area contributed by atoms with Crippen LogP contribution in [-0.2, 0) is 9.53 Å². The molecule has 6 heteroatoms. The van der Waals surface area contributed by atoms with Crippen molar-refractivity contribution < 1.29 is 14.3 Å². The quantitative estimate of drug-likeness (QED) is 0.721. The number of nitrogens with one attached hydrogen (secondary N) is 1. The van der Waals surface area contributed by atoms with Crippen LogP contribution in [0.2, 0.25) is 0 Å². The van der Waals surface area contributed by atoms with Crippen LogP contribution in [0, 0.1) is 28.6 Å². The van der Waals surface area contributed by atoms with E-state index in [1.54, 1.807) is 18.5 Å². The number of amides is 1. The minimum absolute atomic E-state index is 0.00328. The number of hydrogen-bond acceptors (Lipinski definition) is 5. The van der Waals surface area contributed by atoms with Crippen molar-refractivity contribution in [3.05, 3.63) is 48.3 Å². The number of aromatic nitrogens is 2. The van der Waals surface area contributed by atoms with Crippen LogP contribution in [0.25, 0.3) is 0 Å². The van der Waals surface area contributed by atoms with Gasteiger partial charge in [0.2, 0.25) is 5.91 Å². The average molecular weight is 436 g/mol. The SMILES string of the molecule is CC(C)C(=O)N[C@@H]1C(C)(C)[C@@H]2C[C@@H]3[C@@H](c4cccc(Oc5ncccn5)c4)OCC[C@@]31C2. The number of nitrogens with zero attached hydrogens (tertiary/aromatic N) is 2. The van der Waals surface area contributed by atoms with Gasteiger partial charge in [0.25, 0.3) is 0 Å². The molecule has 3 fully saturated rings. The standard InChI is InChI=1S/C26H33N3O3/c1-16(2)22(30)29-23-25(3,4)18-14-20-21(31-12-9-26(20,23)15-18)17-7-5-8-19(13-17)32-24-27-10-6-11-28-24/h5-8,10-11,13,16,18,20-21,23H,9,12,14-15H2,1-4H3,(H,29,30)/t18-,20-,21-,23-,26-/m1/s1. The molecule has 3 aliphatic rings. The van der Waals surface area contributed by atoms with E-state index in [0.717, 1.165) is 18.4 Å². The van der Waals surface area contributed by atoms with Gasteiger partial charge < -0.3 is 14.8 Å². The molecule has 6 nitrogen and oxygen atoms in total. The molecule has 1 N–H and O–H groups in total. The van der Waals surface area contributed by atoms with Crippen LogP contribution >= 0.6 is 0 Å². The van der Waals surface area contributed by atoms with E-state index in [4.69, 9.17) is 9.47 Å². The molecule has 1 aromatic heterocycles. The molecular formula is C26H33N3O3. The minimum atomic E-state index is -0.00977. The van der Waals surface area contributed by atoms with Crippen molar-refractivity contribution in [3.63, 3.8) is 0 Å². The van der Waals surface area contributed by atoms with Gasteiger partial charge in [0.1, 0.15) is 5.75 Å². The molecule has 1 spiro atoms. The molecule has 2 bridgehead atoms. The van der Waals surface area contributed by atoms with Gasteiger partial charge in [-0.05, 0) is 65.7 Å². The van der Waals surface area contributed by atoms with Crippen molar-refractivity contribution in [1.29, 1.82) is 0 Å². The minimum Gasteiger partial charge on any atom is -0.424 e. The maximum absolute atomic E-state index is 12.7. The Balaban J connectivity index is 1.43. The Morgan fingerprint density at radius 2 is 2.00 bits per heavy atom. The second-order valence-corrected chi connectivity index (χ2v) is 10.6. The van der Waals surface area contributed by atoms with E-state index in [1.807, 2.05) is 26.0 Å². The zero-order valence-electron chi connectivity index (χ0n) is 19.4. The summed E-state index contributed by atoms with van der Waals surface area (Å²) in [5.41, 5.74) is 1.31. The van der Waals surface area contributed by atoms with E-state index in [1.165, 1.54) is 6.42 Å². The van der Waals surface area contributed by atoms with Crippen LogP contribution in [0.3, 0.4) is 0 Å². The van der Waals surface area contributed by atoms with Gasteiger partial charge in [0.05, 0.1) is 6.10 Å². The fraction of sp³-hybridized carbons (Fsp3) is 0.577. The van der Waals surface area contributed by atoms with Crippen molar-refractivity contribution in [2.75, 3.05) is 6.61 Å². The van der Waals surface area contributed by atoms with Crippen LogP contribution in [-0.4, -0.2) is 28.5 Å². The first-order chi connectivity index (χ1) is 15.3. The number of carbonyl (C=O) groups is 1. The van der Waals surface area contributed by atoms with Crippen molar-refractivity contribution in [1.82, 2.24) is 15.3 Å². The highest BCUT2D eigenvalue weighted by molar-refractivity contribution is 5.78. The van der Waals surface area contributed by atoms with E-state index < -0.39 is 0 Å². The highest BCUT2D eigenvalue weighted by atomic mass is 16.5. The summed E-state index contributed by atoms with van der Waals surface area (Å²) in [4.78, 5) is 21.1. The highest BCUT2D eigenvalue weighted by Gasteiger charge is 2.68. The van der Waals surface area contributed by atoms with Crippen molar-refractivity contribution >= 4 is 5.91 Å². The molecule has 32 heavy (non-hydrogen) atoms. The third-order valence-corrected chi connectivity index (χ3v) is 8.25. The Bertz CT molecular complexity index is 993. The fourth-order valence-electron chi connectivity index (χ4n) is 6.62. The van der Waals surface area contributed by atoms with Gasteiger partial charge in [0, 0.05) is 31.0 Å². The molecule has 170 valence electrons. The first-order valence-corrected chi connectivity index (χ1v) is 11.8. The summed E-state index contributed by atoms with van der Waals surface area (Å²) < 4.78 is 12.3. The molecule has 0 radical (unpaired) electrons. The molecule has 0 unspecified atom stereocenters. The third-order valence-electron chi connectivity index (χ3n) is 8.25. The summed E-state index contributed by atoms with van der Waals surface area (Å²) in [6, 6.07) is 10.4. The second-order valence-electron chi connectivity index (χ2n) is 10.6. The van der Waals surface area contributed by atoms with Crippen molar-refractivity contribution in [2.45, 2.75) is 59.1 Å². The smallest absolute Gasteiger partial charge is 0.321 e. The Hall–Kier alpha value is -2.47. The predicted octanol–water partition coefficient (Wildman–Crippen LogP) is 4.92. The zero-order valence-corrected chi connectivity index (χ0v) is 19.4. The lowest BCUT2D eigenvalue weighted by atomic mass is 9.58. The molecule has 2 saturated carbocycles. The average Bonchev–Trinajstić information content (AvgIpc) is 3.27. The van der Waals surface area contributed by atoms with Gasteiger partial charge in [-0.2, -0.15) is 0 Å². The fourth-order valence-corrected chi connectivity index (χ4v) is 6.62. The lowest BCUT2D eigenvalue weighted by Gasteiger charge is -2.53. The van der Waals surface area contributed by atoms with E-state index in [0.29, 0.717) is 30.2 Å². The third kappa shape index (κ3) is 3.40. The number of benzene rings is 1. The second kappa shape index (κ2) is 7.84. The number of hydrogen-bond donors (Lipinski definition) is 1. The van der Waals surface area contributed by atoms with Crippen molar-refractivity contribution in [2.24, 2.45) is 28.6 Å². The summed E-state index contributed by atoms with van der Waals surface area (Å²) in [5.74, 6) is 1.83. The highest BCUT2D eigenvalue weighted by Crippen LogP contribution is 2.70.